The quantitative estimate of drug-likeness (QED) is 0.728. The Kier molecular flexibility index (Phi) is 3.34. The number of aromatic nitrogens is 1. The Morgan fingerprint density at radius 1 is 1.22 bits per heavy atom. The van der Waals surface area contributed by atoms with Crippen LogP contribution in [0.4, 0.5) is 5.69 Å². The summed E-state index contributed by atoms with van der Waals surface area (Å²) in [6.07, 6.45) is 2.56. The van der Waals surface area contributed by atoms with Crippen LogP contribution in [0.2, 0.25) is 5.02 Å². The van der Waals surface area contributed by atoms with Gasteiger partial charge in [-0.25, -0.2) is 0 Å². The molecule has 0 fully saturated rings. The number of hydrogen-bond donors (Lipinski definition) is 3. The van der Waals surface area contributed by atoms with E-state index in [1.165, 1.54) is 36.7 Å². The number of halogens is 1. The molecule has 1 aromatic carbocycles. The van der Waals surface area contributed by atoms with Crippen molar-refractivity contribution in [2.45, 2.75) is 0 Å². The van der Waals surface area contributed by atoms with Gasteiger partial charge in [0.1, 0.15) is 11.5 Å². The molecule has 2 rings (SSSR count). The molecule has 1 amide bonds. The van der Waals surface area contributed by atoms with E-state index in [1.54, 1.807) is 0 Å². The number of benzene rings is 1. The second kappa shape index (κ2) is 4.93. The number of phenolic OH excluding ortho intramolecular Hbond substituents is 1. The number of hydrogen-bond acceptors (Lipinski definition) is 4. The van der Waals surface area contributed by atoms with Gasteiger partial charge in [-0.1, -0.05) is 11.6 Å². The number of phenols is 1. The number of anilines is 1. The van der Waals surface area contributed by atoms with Crippen LogP contribution in [0, 0.1) is 0 Å². The smallest absolute Gasteiger partial charge is 0.257 e. The number of carbonyl (C=O) groups is 1. The molecule has 1 heterocycles. The van der Waals surface area contributed by atoms with Gasteiger partial charge in [0, 0.05) is 11.9 Å². The molecule has 1 aromatic heterocycles. The Labute approximate surface area is 108 Å². The predicted molar refractivity (Wildman–Crippen MR) is 67.0 cm³/mol. The number of rotatable bonds is 2. The van der Waals surface area contributed by atoms with E-state index in [4.69, 9.17) is 11.6 Å². The molecule has 0 atom stereocenters. The molecule has 18 heavy (non-hydrogen) atoms. The second-order valence-electron chi connectivity index (χ2n) is 3.55. The first-order valence-corrected chi connectivity index (χ1v) is 5.38. The number of aromatic hydroxyl groups is 2. The lowest BCUT2D eigenvalue weighted by Crippen LogP contribution is -2.11. The van der Waals surface area contributed by atoms with Gasteiger partial charge in [-0.3, -0.25) is 9.78 Å². The summed E-state index contributed by atoms with van der Waals surface area (Å²) in [5, 5.41) is 21.2. The van der Waals surface area contributed by atoms with E-state index in [0.717, 1.165) is 0 Å². The molecule has 6 heteroatoms. The molecule has 0 aliphatic carbocycles. The first-order chi connectivity index (χ1) is 8.56. The predicted octanol–water partition coefficient (Wildman–Crippen LogP) is 2.40. The standard InChI is InChI=1S/C12H9ClN2O3/c13-10-4-8(1-2-11(10)17)15-12(18)7-3-9(16)6-14-5-7/h1-6,16-17H,(H,15,18). The maximum Gasteiger partial charge on any atom is 0.257 e. The van der Waals surface area contributed by atoms with Crippen molar-refractivity contribution in [2.24, 2.45) is 0 Å². The lowest BCUT2D eigenvalue weighted by Gasteiger charge is -2.06. The SMILES string of the molecule is O=C(Nc1ccc(O)c(Cl)c1)c1cncc(O)c1. The average molecular weight is 265 g/mol. The van der Waals surface area contributed by atoms with Gasteiger partial charge in [0.25, 0.3) is 5.91 Å². The summed E-state index contributed by atoms with van der Waals surface area (Å²) in [7, 11) is 0. The normalized spacial score (nSPS) is 10.1. The van der Waals surface area contributed by atoms with Crippen molar-refractivity contribution in [3.05, 3.63) is 47.2 Å². The Balaban J connectivity index is 2.18. The Hall–Kier alpha value is -2.27. The van der Waals surface area contributed by atoms with E-state index in [0.29, 0.717) is 5.69 Å². The largest absolute Gasteiger partial charge is 0.506 e. The first kappa shape index (κ1) is 12.2. The summed E-state index contributed by atoms with van der Waals surface area (Å²) in [6, 6.07) is 5.60. The fraction of sp³-hybridized carbons (Fsp3) is 0. The minimum atomic E-state index is -0.430. The molecule has 0 spiro atoms. The van der Waals surface area contributed by atoms with Gasteiger partial charge in [-0.2, -0.15) is 0 Å². The monoisotopic (exact) mass is 264 g/mol. The van der Waals surface area contributed by atoms with Gasteiger partial charge >= 0.3 is 0 Å². The van der Waals surface area contributed by atoms with Gasteiger partial charge in [-0.15, -0.1) is 0 Å². The summed E-state index contributed by atoms with van der Waals surface area (Å²) >= 11 is 5.71. The molecule has 0 radical (unpaired) electrons. The summed E-state index contributed by atoms with van der Waals surface area (Å²) in [5.74, 6) is -0.583. The van der Waals surface area contributed by atoms with E-state index in [-0.39, 0.29) is 22.1 Å². The van der Waals surface area contributed by atoms with E-state index in [2.05, 4.69) is 10.3 Å². The molecule has 0 unspecified atom stereocenters. The molecular weight excluding hydrogens is 256 g/mol. The molecule has 2 aromatic rings. The van der Waals surface area contributed by atoms with Gasteiger partial charge in [0.15, 0.2) is 0 Å². The molecule has 0 bridgehead atoms. The first-order valence-electron chi connectivity index (χ1n) is 5.00. The molecule has 0 saturated heterocycles. The number of carbonyl (C=O) groups excluding carboxylic acids is 1. The van der Waals surface area contributed by atoms with Gasteiger partial charge in [0.2, 0.25) is 0 Å². The second-order valence-corrected chi connectivity index (χ2v) is 3.96. The van der Waals surface area contributed by atoms with Crippen LogP contribution in [0.1, 0.15) is 10.4 Å². The topological polar surface area (TPSA) is 82.5 Å². The molecule has 5 nitrogen and oxygen atoms in total. The van der Waals surface area contributed by atoms with Crippen LogP contribution in [0.15, 0.2) is 36.7 Å². The van der Waals surface area contributed by atoms with E-state index in [9.17, 15) is 15.0 Å². The lowest BCUT2D eigenvalue weighted by molar-refractivity contribution is 0.102. The van der Waals surface area contributed by atoms with E-state index < -0.39 is 5.91 Å². The highest BCUT2D eigenvalue weighted by Crippen LogP contribution is 2.26. The van der Waals surface area contributed by atoms with Crippen LogP contribution >= 0.6 is 11.6 Å². The highest BCUT2D eigenvalue weighted by atomic mass is 35.5. The van der Waals surface area contributed by atoms with Crippen LogP contribution in [-0.2, 0) is 0 Å². The Bertz CT molecular complexity index is 602. The molecule has 0 saturated carbocycles. The average Bonchev–Trinajstić information content (AvgIpc) is 2.34. The summed E-state index contributed by atoms with van der Waals surface area (Å²) < 4.78 is 0. The summed E-state index contributed by atoms with van der Waals surface area (Å²) in [4.78, 5) is 15.5. The minimum absolute atomic E-state index is 0.0614. The van der Waals surface area contributed by atoms with Crippen molar-refractivity contribution in [2.75, 3.05) is 5.32 Å². The van der Waals surface area contributed by atoms with Crippen molar-refractivity contribution >= 4 is 23.2 Å². The zero-order chi connectivity index (χ0) is 13.1. The van der Waals surface area contributed by atoms with Crippen LogP contribution in [0.3, 0.4) is 0 Å². The van der Waals surface area contributed by atoms with Crippen LogP contribution in [-0.4, -0.2) is 21.1 Å². The van der Waals surface area contributed by atoms with Gasteiger partial charge in [-0.05, 0) is 24.3 Å². The number of nitrogens with zero attached hydrogens (tertiary/aromatic N) is 1. The highest BCUT2D eigenvalue weighted by Gasteiger charge is 2.08. The third-order valence-corrected chi connectivity index (χ3v) is 2.49. The molecule has 3 N–H and O–H groups in total. The van der Waals surface area contributed by atoms with Crippen LogP contribution in [0.25, 0.3) is 0 Å². The van der Waals surface area contributed by atoms with Crippen molar-refractivity contribution in [1.82, 2.24) is 4.98 Å². The third kappa shape index (κ3) is 2.70. The van der Waals surface area contributed by atoms with Crippen LogP contribution < -0.4 is 5.32 Å². The Morgan fingerprint density at radius 2 is 2.00 bits per heavy atom. The molecule has 92 valence electrons. The molecular formula is C12H9ClN2O3. The third-order valence-electron chi connectivity index (χ3n) is 2.19. The van der Waals surface area contributed by atoms with Crippen molar-refractivity contribution in [1.29, 1.82) is 0 Å². The van der Waals surface area contributed by atoms with Crippen molar-refractivity contribution in [3.8, 4) is 11.5 Å². The zero-order valence-electron chi connectivity index (χ0n) is 9.09. The minimum Gasteiger partial charge on any atom is -0.506 e. The maximum atomic E-state index is 11.8. The maximum absolute atomic E-state index is 11.8. The van der Waals surface area contributed by atoms with E-state index >= 15 is 0 Å². The summed E-state index contributed by atoms with van der Waals surface area (Å²) in [5.41, 5.74) is 0.658. The van der Waals surface area contributed by atoms with Crippen molar-refractivity contribution < 1.29 is 15.0 Å². The summed E-state index contributed by atoms with van der Waals surface area (Å²) in [6.45, 7) is 0. The van der Waals surface area contributed by atoms with E-state index in [1.807, 2.05) is 0 Å². The molecule has 0 aliphatic rings. The van der Waals surface area contributed by atoms with Crippen molar-refractivity contribution in [3.63, 3.8) is 0 Å². The lowest BCUT2D eigenvalue weighted by atomic mass is 10.2. The Morgan fingerprint density at radius 3 is 2.67 bits per heavy atom. The fourth-order valence-electron chi connectivity index (χ4n) is 1.34. The zero-order valence-corrected chi connectivity index (χ0v) is 9.85. The van der Waals surface area contributed by atoms with Crippen LogP contribution in [0.5, 0.6) is 11.5 Å². The molecule has 0 aliphatic heterocycles. The van der Waals surface area contributed by atoms with Gasteiger partial charge < -0.3 is 15.5 Å². The highest BCUT2D eigenvalue weighted by molar-refractivity contribution is 6.32. The number of amides is 1. The van der Waals surface area contributed by atoms with Gasteiger partial charge in [0.05, 0.1) is 16.8 Å². The number of nitrogens with one attached hydrogen (secondary N) is 1. The fourth-order valence-corrected chi connectivity index (χ4v) is 1.52. The number of pyridine rings is 1.